The number of anilines is 2. The predicted molar refractivity (Wildman–Crippen MR) is 160 cm³/mol. The van der Waals surface area contributed by atoms with Crippen LogP contribution in [-0.4, -0.2) is 37.5 Å². The zero-order valence-electron chi connectivity index (χ0n) is 23.8. The van der Waals surface area contributed by atoms with Gasteiger partial charge in [0, 0.05) is 47.4 Å². The molecule has 7 nitrogen and oxygen atoms in total. The molecule has 0 saturated carbocycles. The first kappa shape index (κ1) is 30.4. The average Bonchev–Trinajstić information content (AvgIpc) is 3.76. The number of aromatic nitrogens is 1. The van der Waals surface area contributed by atoms with Crippen LogP contribution in [0.4, 0.5) is 29.1 Å². The fourth-order valence-corrected chi connectivity index (χ4v) is 8.29. The number of hydrogen-bond donors (Lipinski definition) is 1. The zero-order valence-corrected chi connectivity index (χ0v) is 25.4. The Bertz CT molecular complexity index is 1710. The molecule has 1 N–H and O–H groups in total. The van der Waals surface area contributed by atoms with Crippen LogP contribution in [0.2, 0.25) is 0 Å². The van der Waals surface area contributed by atoms with E-state index in [9.17, 15) is 17.2 Å². The van der Waals surface area contributed by atoms with Crippen LogP contribution < -0.4 is 14.4 Å². The maximum atomic E-state index is 15.5. The minimum atomic E-state index is -4.77. The van der Waals surface area contributed by atoms with E-state index >= 15 is 8.78 Å². The summed E-state index contributed by atoms with van der Waals surface area (Å²) in [5.41, 5.74) is 2.10. The Morgan fingerprint density at radius 3 is 2.11 bits per heavy atom. The SMILES string of the molecule is COc1ccc(CN(c2cscn2)S(=O)(=O)c2c(F)cc(NCc3c(F)ccc(F)c3CN3C4CCC3CC4)cc2F)cc1. The van der Waals surface area contributed by atoms with Crippen molar-refractivity contribution >= 4 is 32.9 Å². The third-order valence-electron chi connectivity index (χ3n) is 8.44. The van der Waals surface area contributed by atoms with Gasteiger partial charge >= 0.3 is 0 Å². The highest BCUT2D eigenvalue weighted by Crippen LogP contribution is 2.39. The third-order valence-corrected chi connectivity index (χ3v) is 10.8. The Morgan fingerprint density at radius 2 is 1.55 bits per heavy atom. The summed E-state index contributed by atoms with van der Waals surface area (Å²) in [7, 11) is -3.27. The number of nitrogens with zero attached hydrogens (tertiary/aromatic N) is 3. The molecule has 2 fully saturated rings. The van der Waals surface area contributed by atoms with Crippen molar-refractivity contribution in [1.29, 1.82) is 0 Å². The summed E-state index contributed by atoms with van der Waals surface area (Å²) in [6.45, 7) is -0.249. The van der Waals surface area contributed by atoms with Crippen LogP contribution in [0.3, 0.4) is 0 Å². The molecule has 3 heterocycles. The van der Waals surface area contributed by atoms with Gasteiger partial charge in [0.05, 0.1) is 19.2 Å². The van der Waals surface area contributed by atoms with Gasteiger partial charge in [-0.05, 0) is 67.6 Å². The van der Waals surface area contributed by atoms with E-state index in [-0.39, 0.29) is 42.3 Å². The lowest BCUT2D eigenvalue weighted by Gasteiger charge is -2.24. The maximum absolute atomic E-state index is 15.5. The summed E-state index contributed by atoms with van der Waals surface area (Å²) in [4.78, 5) is 5.13. The van der Waals surface area contributed by atoms with Crippen molar-refractivity contribution in [3.63, 3.8) is 0 Å². The first-order chi connectivity index (χ1) is 21.2. The Hall–Kier alpha value is -3.68. The average molecular weight is 647 g/mol. The lowest BCUT2D eigenvalue weighted by Crippen LogP contribution is -2.32. The molecule has 13 heteroatoms. The molecule has 1 aromatic heterocycles. The first-order valence-electron chi connectivity index (χ1n) is 14.1. The number of thiazole rings is 1. The van der Waals surface area contributed by atoms with Crippen LogP contribution in [0.15, 0.2) is 64.3 Å². The minimum Gasteiger partial charge on any atom is -0.497 e. The molecule has 2 saturated heterocycles. The number of methoxy groups -OCH3 is 1. The number of rotatable bonds is 11. The summed E-state index contributed by atoms with van der Waals surface area (Å²) in [5.74, 6) is -3.30. The quantitative estimate of drug-likeness (QED) is 0.180. The molecule has 4 aromatic rings. The van der Waals surface area contributed by atoms with Gasteiger partial charge in [0.15, 0.2) is 10.7 Å². The molecule has 2 bridgehead atoms. The van der Waals surface area contributed by atoms with Gasteiger partial charge in [-0.3, -0.25) is 4.90 Å². The van der Waals surface area contributed by atoms with Crippen LogP contribution in [0.25, 0.3) is 0 Å². The van der Waals surface area contributed by atoms with E-state index in [1.165, 1.54) is 18.0 Å². The Kier molecular flexibility index (Phi) is 8.53. The van der Waals surface area contributed by atoms with Gasteiger partial charge in [-0.15, -0.1) is 11.3 Å². The van der Waals surface area contributed by atoms with E-state index < -0.39 is 38.2 Å². The van der Waals surface area contributed by atoms with Gasteiger partial charge in [0.1, 0.15) is 29.0 Å². The molecular weight excluding hydrogens is 616 g/mol. The zero-order chi connectivity index (χ0) is 31.0. The summed E-state index contributed by atoms with van der Waals surface area (Å²) in [6, 6.07) is 11.0. The molecule has 6 rings (SSSR count). The lowest BCUT2D eigenvalue weighted by molar-refractivity contribution is 0.239. The smallest absolute Gasteiger partial charge is 0.271 e. The maximum Gasteiger partial charge on any atom is 0.271 e. The second-order valence-corrected chi connectivity index (χ2v) is 13.5. The topological polar surface area (TPSA) is 74.8 Å². The highest BCUT2D eigenvalue weighted by atomic mass is 32.2. The summed E-state index contributed by atoms with van der Waals surface area (Å²) < 4.78 is 94.3. The van der Waals surface area contributed by atoms with Gasteiger partial charge in [-0.2, -0.15) is 0 Å². The molecule has 3 aromatic carbocycles. The molecule has 44 heavy (non-hydrogen) atoms. The van der Waals surface area contributed by atoms with Gasteiger partial charge < -0.3 is 10.1 Å². The molecule has 0 unspecified atom stereocenters. The van der Waals surface area contributed by atoms with E-state index in [1.54, 1.807) is 24.3 Å². The molecule has 232 valence electrons. The number of fused-ring (bicyclic) bond motifs is 2. The fourth-order valence-electron chi connectivity index (χ4n) is 6.18. The van der Waals surface area contributed by atoms with Gasteiger partial charge in [0.25, 0.3) is 10.0 Å². The van der Waals surface area contributed by atoms with E-state index in [0.29, 0.717) is 23.4 Å². The number of halogens is 4. The molecule has 0 amide bonds. The largest absolute Gasteiger partial charge is 0.497 e. The van der Waals surface area contributed by atoms with Crippen molar-refractivity contribution in [3.8, 4) is 5.75 Å². The summed E-state index contributed by atoms with van der Waals surface area (Å²) in [5, 5.41) is 4.23. The van der Waals surface area contributed by atoms with Crippen LogP contribution in [0, 0.1) is 23.3 Å². The third kappa shape index (κ3) is 5.87. The van der Waals surface area contributed by atoms with Gasteiger partial charge in [-0.1, -0.05) is 12.1 Å². The Morgan fingerprint density at radius 1 is 0.932 bits per heavy atom. The standard InChI is InChI=1S/C31H30F4N4O3S2/c1-42-23-8-2-19(3-9-23)15-39(30-17-43-18-37-30)44(40,41)31-28(34)12-20(13-29(31)35)36-14-24-25(27(33)11-10-26(24)32)16-38-21-4-5-22(38)7-6-21/h2-3,8-13,17-18,21-22,36H,4-7,14-16H2,1H3. The van der Waals surface area contributed by atoms with Crippen LogP contribution in [0.1, 0.15) is 42.4 Å². The highest BCUT2D eigenvalue weighted by Gasteiger charge is 2.40. The molecule has 0 aliphatic carbocycles. The Balaban J connectivity index is 1.26. The number of benzene rings is 3. The van der Waals surface area contributed by atoms with Crippen molar-refractivity contribution < 1.29 is 30.7 Å². The summed E-state index contributed by atoms with van der Waals surface area (Å²) >= 11 is 1.13. The monoisotopic (exact) mass is 646 g/mol. The molecule has 2 aliphatic heterocycles. The fraction of sp³-hybridized carbons (Fsp3) is 0.323. The van der Waals surface area contributed by atoms with E-state index in [4.69, 9.17) is 4.74 Å². The predicted octanol–water partition coefficient (Wildman–Crippen LogP) is 6.84. The van der Waals surface area contributed by atoms with Crippen LogP contribution >= 0.6 is 11.3 Å². The van der Waals surface area contributed by atoms with Crippen molar-refractivity contribution in [2.75, 3.05) is 16.7 Å². The first-order valence-corrected chi connectivity index (χ1v) is 16.5. The molecular formula is C31H30F4N4O3S2. The molecule has 0 atom stereocenters. The summed E-state index contributed by atoms with van der Waals surface area (Å²) in [6.07, 6.45) is 4.12. The second-order valence-electron chi connectivity index (χ2n) is 10.9. The number of ether oxygens (including phenoxy) is 1. The Labute approximate surface area is 257 Å². The molecule has 0 spiro atoms. The normalized spacial score (nSPS) is 18.1. The highest BCUT2D eigenvalue weighted by molar-refractivity contribution is 7.92. The van der Waals surface area contributed by atoms with Crippen molar-refractivity contribution in [3.05, 3.63) is 99.4 Å². The van der Waals surface area contributed by atoms with Crippen LogP contribution in [0.5, 0.6) is 5.75 Å². The van der Waals surface area contributed by atoms with E-state index in [1.807, 2.05) is 0 Å². The van der Waals surface area contributed by atoms with E-state index in [0.717, 1.165) is 65.6 Å². The second kappa shape index (κ2) is 12.4. The van der Waals surface area contributed by atoms with Gasteiger partial charge in [0.2, 0.25) is 0 Å². The van der Waals surface area contributed by atoms with Crippen molar-refractivity contribution in [1.82, 2.24) is 9.88 Å². The van der Waals surface area contributed by atoms with Crippen molar-refractivity contribution in [2.24, 2.45) is 0 Å². The van der Waals surface area contributed by atoms with E-state index in [2.05, 4.69) is 15.2 Å². The lowest BCUT2D eigenvalue weighted by atomic mass is 10.0. The number of sulfonamides is 1. The van der Waals surface area contributed by atoms with Crippen molar-refractivity contribution in [2.45, 2.75) is 62.3 Å². The molecule has 2 aliphatic rings. The van der Waals surface area contributed by atoms with Crippen LogP contribution in [-0.2, 0) is 29.7 Å². The number of nitrogens with one attached hydrogen (secondary N) is 1. The minimum absolute atomic E-state index is 0.00682. The number of hydrogen-bond acceptors (Lipinski definition) is 7. The molecule has 0 radical (unpaired) electrons. The van der Waals surface area contributed by atoms with Gasteiger partial charge in [-0.25, -0.2) is 35.3 Å².